The predicted molar refractivity (Wildman–Crippen MR) is 130 cm³/mol. The second-order valence-corrected chi connectivity index (χ2v) is 8.59. The molecule has 1 fully saturated rings. The van der Waals surface area contributed by atoms with Gasteiger partial charge in [-0.3, -0.25) is 4.90 Å². The molecule has 0 spiro atoms. The van der Waals surface area contributed by atoms with Gasteiger partial charge >= 0.3 is 0 Å². The van der Waals surface area contributed by atoms with E-state index in [2.05, 4.69) is 48.2 Å². The fourth-order valence-electron chi connectivity index (χ4n) is 3.57. The summed E-state index contributed by atoms with van der Waals surface area (Å²) in [6, 6.07) is 4.47. The summed E-state index contributed by atoms with van der Waals surface area (Å²) in [7, 11) is 0. The van der Waals surface area contributed by atoms with Crippen molar-refractivity contribution in [2.24, 2.45) is 4.99 Å². The second-order valence-electron chi connectivity index (χ2n) is 8.59. The third-order valence-corrected chi connectivity index (χ3v) is 5.32. The number of halogens is 1. The van der Waals surface area contributed by atoms with E-state index in [-0.39, 0.29) is 29.4 Å². The molecule has 8 heteroatoms. The fraction of sp³-hybridized carbons (Fsp3) is 0.636. The van der Waals surface area contributed by atoms with Gasteiger partial charge in [-0.25, -0.2) is 9.98 Å². The highest BCUT2D eigenvalue weighted by Crippen LogP contribution is 2.22. The van der Waals surface area contributed by atoms with Crippen LogP contribution in [0.3, 0.4) is 0 Å². The molecule has 7 nitrogen and oxygen atoms in total. The van der Waals surface area contributed by atoms with E-state index < -0.39 is 0 Å². The molecular weight excluding hydrogens is 493 g/mol. The Labute approximate surface area is 197 Å². The average molecular weight is 529 g/mol. The number of guanidine groups is 1. The third kappa shape index (κ3) is 7.30. The molecule has 1 atom stereocenters. The van der Waals surface area contributed by atoms with Crippen molar-refractivity contribution in [3.05, 3.63) is 42.0 Å². The minimum absolute atomic E-state index is 0. The Morgan fingerprint density at radius 3 is 2.83 bits per heavy atom. The van der Waals surface area contributed by atoms with Crippen LogP contribution in [0.25, 0.3) is 0 Å². The molecule has 3 heterocycles. The largest absolute Gasteiger partial charge is 0.469 e. The summed E-state index contributed by atoms with van der Waals surface area (Å²) < 4.78 is 11.3. The molecule has 0 aliphatic carbocycles. The second kappa shape index (κ2) is 11.7. The van der Waals surface area contributed by atoms with Gasteiger partial charge in [0.15, 0.2) is 5.96 Å². The summed E-state index contributed by atoms with van der Waals surface area (Å²) in [5.41, 5.74) is -0.0522. The van der Waals surface area contributed by atoms with Gasteiger partial charge in [-0.05, 0) is 38.1 Å². The first-order valence-corrected chi connectivity index (χ1v) is 10.7. The Balaban J connectivity index is 0.00000320. The van der Waals surface area contributed by atoms with Gasteiger partial charge in [0, 0.05) is 31.0 Å². The SMILES string of the molecule is CCN1CCCC1CNC(=NCc1ncc(C(C)(C)C)o1)NCCc1ccco1.I. The van der Waals surface area contributed by atoms with Crippen molar-refractivity contribution >= 4 is 29.9 Å². The van der Waals surface area contributed by atoms with Crippen LogP contribution in [0.15, 0.2) is 38.4 Å². The number of furan rings is 1. The normalized spacial score (nSPS) is 17.7. The van der Waals surface area contributed by atoms with Gasteiger partial charge in [-0.15, -0.1) is 24.0 Å². The number of hydrogen-bond acceptors (Lipinski definition) is 5. The highest BCUT2D eigenvalue weighted by molar-refractivity contribution is 14.0. The Bertz CT molecular complexity index is 767. The molecule has 1 aliphatic rings. The number of likely N-dealkylation sites (N-methyl/N-ethyl adjacent to an activating group) is 1. The van der Waals surface area contributed by atoms with Crippen molar-refractivity contribution in [1.29, 1.82) is 0 Å². The van der Waals surface area contributed by atoms with E-state index in [1.807, 2.05) is 12.1 Å². The van der Waals surface area contributed by atoms with Crippen molar-refractivity contribution in [3.8, 4) is 0 Å². The lowest BCUT2D eigenvalue weighted by Crippen LogP contribution is -2.45. The van der Waals surface area contributed by atoms with Crippen LogP contribution in [0.4, 0.5) is 0 Å². The van der Waals surface area contributed by atoms with Crippen molar-refractivity contribution < 1.29 is 8.83 Å². The zero-order chi connectivity index (χ0) is 20.7. The summed E-state index contributed by atoms with van der Waals surface area (Å²) in [6.45, 7) is 12.9. The van der Waals surface area contributed by atoms with Crippen molar-refractivity contribution in [3.63, 3.8) is 0 Å². The lowest BCUT2D eigenvalue weighted by atomic mass is 9.94. The van der Waals surface area contributed by atoms with E-state index >= 15 is 0 Å². The summed E-state index contributed by atoms with van der Waals surface area (Å²) in [5, 5.41) is 6.92. The van der Waals surface area contributed by atoms with Crippen molar-refractivity contribution in [2.45, 2.75) is 65.0 Å². The quantitative estimate of drug-likeness (QED) is 0.307. The number of hydrogen-bond donors (Lipinski definition) is 2. The average Bonchev–Trinajstić information content (AvgIpc) is 3.44. The van der Waals surface area contributed by atoms with Crippen LogP contribution < -0.4 is 10.6 Å². The molecular formula is C22H36IN5O2. The van der Waals surface area contributed by atoms with Crippen LogP contribution in [0.1, 0.15) is 57.9 Å². The molecule has 168 valence electrons. The summed E-state index contributed by atoms with van der Waals surface area (Å²) in [5.74, 6) is 3.27. The summed E-state index contributed by atoms with van der Waals surface area (Å²) in [4.78, 5) is 11.6. The van der Waals surface area contributed by atoms with E-state index in [0.717, 1.165) is 43.5 Å². The van der Waals surface area contributed by atoms with E-state index in [4.69, 9.17) is 13.8 Å². The first kappa shape index (κ1) is 24.7. The Kier molecular flexibility index (Phi) is 9.67. The highest BCUT2D eigenvalue weighted by atomic mass is 127. The number of nitrogens with one attached hydrogen (secondary N) is 2. The smallest absolute Gasteiger partial charge is 0.216 e. The van der Waals surface area contributed by atoms with Crippen molar-refractivity contribution in [2.75, 3.05) is 26.2 Å². The minimum atomic E-state index is -0.0522. The van der Waals surface area contributed by atoms with Crippen LogP contribution in [-0.2, 0) is 18.4 Å². The van der Waals surface area contributed by atoms with E-state index in [1.54, 1.807) is 12.5 Å². The summed E-state index contributed by atoms with van der Waals surface area (Å²) in [6.07, 6.45) is 6.82. The van der Waals surface area contributed by atoms with Crippen LogP contribution in [-0.4, -0.2) is 48.1 Å². The van der Waals surface area contributed by atoms with Gasteiger partial charge in [0.05, 0.1) is 12.5 Å². The van der Waals surface area contributed by atoms with Crippen LogP contribution >= 0.6 is 24.0 Å². The van der Waals surface area contributed by atoms with Gasteiger partial charge in [-0.1, -0.05) is 27.7 Å². The standard InChI is InChI=1S/C22H35N5O2.HI/c1-5-27-12-6-8-17(27)14-25-21(23-11-10-18-9-7-13-28-18)26-16-20-24-15-19(29-20)22(2,3)4;/h7,9,13,15,17H,5-6,8,10-12,14,16H2,1-4H3,(H2,23,25,26);1H. The van der Waals surface area contributed by atoms with Gasteiger partial charge in [0.1, 0.15) is 18.1 Å². The highest BCUT2D eigenvalue weighted by Gasteiger charge is 2.23. The lowest BCUT2D eigenvalue weighted by Gasteiger charge is -2.24. The number of aromatic nitrogens is 1. The predicted octanol–water partition coefficient (Wildman–Crippen LogP) is 3.95. The van der Waals surface area contributed by atoms with Gasteiger partial charge in [0.2, 0.25) is 5.89 Å². The van der Waals surface area contributed by atoms with Crippen LogP contribution in [0.2, 0.25) is 0 Å². The minimum Gasteiger partial charge on any atom is -0.469 e. The third-order valence-electron chi connectivity index (χ3n) is 5.32. The molecule has 1 unspecified atom stereocenters. The van der Waals surface area contributed by atoms with Crippen LogP contribution in [0.5, 0.6) is 0 Å². The Hall–Kier alpha value is -1.55. The Morgan fingerprint density at radius 2 is 2.17 bits per heavy atom. The molecule has 2 aromatic rings. The zero-order valence-electron chi connectivity index (χ0n) is 18.6. The molecule has 1 aliphatic heterocycles. The molecule has 0 amide bonds. The van der Waals surface area contributed by atoms with Gasteiger partial charge < -0.3 is 19.5 Å². The zero-order valence-corrected chi connectivity index (χ0v) is 20.9. The van der Waals surface area contributed by atoms with E-state index in [9.17, 15) is 0 Å². The maximum atomic E-state index is 5.88. The maximum absolute atomic E-state index is 5.88. The number of likely N-dealkylation sites (tertiary alicyclic amines) is 1. The monoisotopic (exact) mass is 529 g/mol. The number of nitrogens with zero attached hydrogens (tertiary/aromatic N) is 3. The molecule has 2 N–H and O–H groups in total. The Morgan fingerprint density at radius 1 is 1.33 bits per heavy atom. The maximum Gasteiger partial charge on any atom is 0.216 e. The number of rotatable bonds is 8. The number of oxazole rings is 1. The lowest BCUT2D eigenvalue weighted by molar-refractivity contribution is 0.267. The molecule has 2 aromatic heterocycles. The molecule has 0 aromatic carbocycles. The molecule has 1 saturated heterocycles. The van der Waals surface area contributed by atoms with Crippen LogP contribution in [0, 0.1) is 0 Å². The first-order chi connectivity index (χ1) is 14.0. The summed E-state index contributed by atoms with van der Waals surface area (Å²) >= 11 is 0. The number of aliphatic imine (C=N–C) groups is 1. The topological polar surface area (TPSA) is 78.8 Å². The van der Waals surface area contributed by atoms with Gasteiger partial charge in [-0.2, -0.15) is 0 Å². The van der Waals surface area contributed by atoms with Crippen molar-refractivity contribution in [1.82, 2.24) is 20.5 Å². The molecule has 0 bridgehead atoms. The van der Waals surface area contributed by atoms with E-state index in [0.29, 0.717) is 18.5 Å². The van der Waals surface area contributed by atoms with E-state index in [1.165, 1.54) is 19.4 Å². The fourth-order valence-corrected chi connectivity index (χ4v) is 3.57. The molecule has 0 radical (unpaired) electrons. The molecule has 30 heavy (non-hydrogen) atoms. The molecule has 0 saturated carbocycles. The molecule has 3 rings (SSSR count). The first-order valence-electron chi connectivity index (χ1n) is 10.7. The van der Waals surface area contributed by atoms with Gasteiger partial charge in [0.25, 0.3) is 0 Å².